The van der Waals surface area contributed by atoms with E-state index in [4.69, 9.17) is 11.1 Å². The standard InChI is InChI=1S/C22H26N4O3S.ClH/c23-22(24)16-6-3-15(4-7-16)5-12-21(27)26-13-1-2-17-14-18(8-11-20(17)26)25-30(28,29)19-9-10-19;/h3-4,6-8,11,14,19,25H,1-2,5,9-10,12-13H2,(H3,23,24);1H. The Bertz CT molecular complexity index is 1080. The molecule has 0 unspecified atom stereocenters. The number of benzene rings is 2. The predicted molar refractivity (Wildman–Crippen MR) is 126 cm³/mol. The van der Waals surface area contributed by atoms with Crippen LogP contribution in [0.3, 0.4) is 0 Å². The number of amidine groups is 1. The summed E-state index contributed by atoms with van der Waals surface area (Å²) >= 11 is 0. The van der Waals surface area contributed by atoms with E-state index in [2.05, 4.69) is 4.72 Å². The number of carbonyl (C=O) groups is 1. The molecule has 4 rings (SSSR count). The van der Waals surface area contributed by atoms with Gasteiger partial charge in [-0.15, -0.1) is 12.4 Å². The second kappa shape index (κ2) is 9.28. The molecule has 1 aliphatic carbocycles. The molecule has 31 heavy (non-hydrogen) atoms. The Morgan fingerprint density at radius 1 is 1.16 bits per heavy atom. The molecule has 2 aromatic rings. The van der Waals surface area contributed by atoms with E-state index in [1.165, 1.54) is 0 Å². The molecule has 1 saturated carbocycles. The number of nitrogens with two attached hydrogens (primary N) is 1. The van der Waals surface area contributed by atoms with Gasteiger partial charge >= 0.3 is 0 Å². The van der Waals surface area contributed by atoms with E-state index >= 15 is 0 Å². The summed E-state index contributed by atoms with van der Waals surface area (Å²) in [5, 5.41) is 7.18. The number of rotatable bonds is 7. The van der Waals surface area contributed by atoms with Crippen molar-refractivity contribution in [3.05, 3.63) is 59.2 Å². The van der Waals surface area contributed by atoms with Crippen molar-refractivity contribution >= 4 is 45.5 Å². The highest BCUT2D eigenvalue weighted by Crippen LogP contribution is 2.33. The zero-order valence-corrected chi connectivity index (χ0v) is 18.8. The van der Waals surface area contributed by atoms with Crippen LogP contribution in [0.15, 0.2) is 42.5 Å². The summed E-state index contributed by atoms with van der Waals surface area (Å²) in [5.74, 6) is 0.0826. The smallest absolute Gasteiger partial charge is 0.235 e. The first-order chi connectivity index (χ1) is 14.3. The molecule has 0 aromatic heterocycles. The molecule has 9 heteroatoms. The second-order valence-electron chi connectivity index (χ2n) is 7.95. The van der Waals surface area contributed by atoms with Gasteiger partial charge in [0, 0.05) is 29.9 Å². The van der Waals surface area contributed by atoms with Gasteiger partial charge in [-0.1, -0.05) is 24.3 Å². The number of fused-ring (bicyclic) bond motifs is 1. The summed E-state index contributed by atoms with van der Waals surface area (Å²) in [6.07, 6.45) is 4.12. The molecule has 166 valence electrons. The third kappa shape index (κ3) is 5.37. The van der Waals surface area contributed by atoms with Crippen molar-refractivity contribution in [1.82, 2.24) is 0 Å². The number of hydrogen-bond acceptors (Lipinski definition) is 4. The number of nitrogens with zero attached hydrogens (tertiary/aromatic N) is 1. The predicted octanol–water partition coefficient (Wildman–Crippen LogP) is 3.21. The number of amides is 1. The Hall–Kier alpha value is -2.58. The van der Waals surface area contributed by atoms with Crippen LogP contribution in [0, 0.1) is 5.41 Å². The number of halogens is 1. The Labute approximate surface area is 189 Å². The highest BCUT2D eigenvalue weighted by molar-refractivity contribution is 7.93. The summed E-state index contributed by atoms with van der Waals surface area (Å²) in [7, 11) is -3.30. The molecule has 1 aliphatic heterocycles. The average Bonchev–Trinajstić information content (AvgIpc) is 3.57. The highest BCUT2D eigenvalue weighted by atomic mass is 35.5. The van der Waals surface area contributed by atoms with Crippen molar-refractivity contribution in [3.63, 3.8) is 0 Å². The fraction of sp³-hybridized carbons (Fsp3) is 0.364. The lowest BCUT2D eigenvalue weighted by atomic mass is 10.00. The van der Waals surface area contributed by atoms with Crippen molar-refractivity contribution in [2.75, 3.05) is 16.2 Å². The lowest BCUT2D eigenvalue weighted by molar-refractivity contribution is -0.118. The SMILES string of the molecule is Cl.N=C(N)c1ccc(CCC(=O)N2CCCc3cc(NS(=O)(=O)C4CC4)ccc32)cc1. The Balaban J connectivity index is 0.00000272. The minimum Gasteiger partial charge on any atom is -0.384 e. The van der Waals surface area contributed by atoms with E-state index in [1.807, 2.05) is 29.2 Å². The number of hydrogen-bond donors (Lipinski definition) is 3. The highest BCUT2D eigenvalue weighted by Gasteiger charge is 2.36. The quantitative estimate of drug-likeness (QED) is 0.432. The summed E-state index contributed by atoms with van der Waals surface area (Å²) in [6.45, 7) is 0.669. The molecule has 0 radical (unpaired) electrons. The minimum absolute atomic E-state index is 0. The molecule has 1 amide bonds. The topological polar surface area (TPSA) is 116 Å². The van der Waals surface area contributed by atoms with Gasteiger partial charge in [0.1, 0.15) is 5.84 Å². The molecule has 0 atom stereocenters. The lowest BCUT2D eigenvalue weighted by Crippen LogP contribution is -2.35. The van der Waals surface area contributed by atoms with Crippen LogP contribution < -0.4 is 15.4 Å². The minimum atomic E-state index is -3.30. The van der Waals surface area contributed by atoms with Gasteiger partial charge in [0.15, 0.2) is 0 Å². The maximum atomic E-state index is 12.9. The zero-order chi connectivity index (χ0) is 21.3. The summed E-state index contributed by atoms with van der Waals surface area (Å²) < 4.78 is 27.1. The largest absolute Gasteiger partial charge is 0.384 e. The van der Waals surface area contributed by atoms with Gasteiger partial charge in [0.05, 0.1) is 5.25 Å². The molecule has 1 heterocycles. The van der Waals surface area contributed by atoms with Gasteiger partial charge < -0.3 is 10.6 Å². The first-order valence-corrected chi connectivity index (χ1v) is 11.8. The average molecular weight is 463 g/mol. The van der Waals surface area contributed by atoms with Crippen molar-refractivity contribution in [1.29, 1.82) is 5.41 Å². The molecule has 4 N–H and O–H groups in total. The fourth-order valence-corrected chi connectivity index (χ4v) is 5.16. The van der Waals surface area contributed by atoms with Gasteiger partial charge in [-0.05, 0) is 61.4 Å². The molecule has 1 fully saturated rings. The first kappa shape index (κ1) is 23.1. The van der Waals surface area contributed by atoms with E-state index in [-0.39, 0.29) is 29.4 Å². The Kier molecular flexibility index (Phi) is 6.91. The van der Waals surface area contributed by atoms with E-state index in [0.717, 1.165) is 42.5 Å². The van der Waals surface area contributed by atoms with Crippen LogP contribution in [-0.2, 0) is 27.7 Å². The number of aryl methyl sites for hydroxylation is 2. The van der Waals surface area contributed by atoms with Crippen LogP contribution in [0.5, 0.6) is 0 Å². The molecule has 0 saturated heterocycles. The van der Waals surface area contributed by atoms with Crippen LogP contribution in [0.25, 0.3) is 0 Å². The lowest BCUT2D eigenvalue weighted by Gasteiger charge is -2.30. The third-order valence-electron chi connectivity index (χ3n) is 5.61. The van der Waals surface area contributed by atoms with Gasteiger partial charge in [0.25, 0.3) is 0 Å². The maximum absolute atomic E-state index is 12.9. The molecule has 0 spiro atoms. The molecular formula is C22H27ClN4O3S. The summed E-state index contributed by atoms with van der Waals surface area (Å²) in [4.78, 5) is 14.7. The first-order valence-electron chi connectivity index (χ1n) is 10.2. The molecule has 0 bridgehead atoms. The van der Waals surface area contributed by atoms with Crippen LogP contribution in [-0.4, -0.2) is 32.0 Å². The molecule has 7 nitrogen and oxygen atoms in total. The summed E-state index contributed by atoms with van der Waals surface area (Å²) in [6, 6.07) is 12.8. The number of carbonyl (C=O) groups excluding carboxylic acids is 1. The second-order valence-corrected chi connectivity index (χ2v) is 9.91. The van der Waals surface area contributed by atoms with E-state index in [9.17, 15) is 13.2 Å². The number of nitrogen functional groups attached to an aromatic ring is 1. The van der Waals surface area contributed by atoms with Crippen molar-refractivity contribution in [2.45, 2.75) is 43.8 Å². The molecular weight excluding hydrogens is 436 g/mol. The monoisotopic (exact) mass is 462 g/mol. The van der Waals surface area contributed by atoms with E-state index in [1.54, 1.807) is 18.2 Å². The molecule has 2 aromatic carbocycles. The van der Waals surface area contributed by atoms with Crippen molar-refractivity contribution < 1.29 is 13.2 Å². The van der Waals surface area contributed by atoms with Gasteiger partial charge in [0.2, 0.25) is 15.9 Å². The van der Waals surface area contributed by atoms with Gasteiger partial charge in [-0.25, -0.2) is 8.42 Å². The van der Waals surface area contributed by atoms with Crippen molar-refractivity contribution in [3.8, 4) is 0 Å². The fourth-order valence-electron chi connectivity index (χ4n) is 3.78. The number of anilines is 2. The van der Waals surface area contributed by atoms with Gasteiger partial charge in [-0.3, -0.25) is 14.9 Å². The van der Waals surface area contributed by atoms with Crippen molar-refractivity contribution in [2.24, 2.45) is 5.73 Å². The van der Waals surface area contributed by atoms with E-state index in [0.29, 0.717) is 30.6 Å². The normalized spacial score (nSPS) is 15.5. The van der Waals surface area contributed by atoms with Crippen LogP contribution >= 0.6 is 12.4 Å². The summed E-state index contributed by atoms with van der Waals surface area (Å²) in [5.41, 5.74) is 9.60. The van der Waals surface area contributed by atoms with Crippen LogP contribution in [0.4, 0.5) is 11.4 Å². The van der Waals surface area contributed by atoms with E-state index < -0.39 is 10.0 Å². The Morgan fingerprint density at radius 3 is 2.52 bits per heavy atom. The van der Waals surface area contributed by atoms with Crippen LogP contribution in [0.1, 0.15) is 42.4 Å². The molecule has 2 aliphatic rings. The zero-order valence-electron chi connectivity index (χ0n) is 17.1. The Morgan fingerprint density at radius 2 is 1.87 bits per heavy atom. The maximum Gasteiger partial charge on any atom is 0.235 e. The van der Waals surface area contributed by atoms with Crippen LogP contribution in [0.2, 0.25) is 0 Å². The third-order valence-corrected chi connectivity index (χ3v) is 7.48. The van der Waals surface area contributed by atoms with Gasteiger partial charge in [-0.2, -0.15) is 0 Å². The number of nitrogens with one attached hydrogen (secondary N) is 2. The number of sulfonamides is 1.